The first-order valence-corrected chi connectivity index (χ1v) is 4.78. The van der Waals surface area contributed by atoms with Crippen molar-refractivity contribution in [2.75, 3.05) is 0 Å². The van der Waals surface area contributed by atoms with Gasteiger partial charge in [-0.05, 0) is 30.5 Å². The van der Waals surface area contributed by atoms with Crippen molar-refractivity contribution in [2.24, 2.45) is 4.99 Å². The molecule has 1 aromatic rings. The van der Waals surface area contributed by atoms with Crippen molar-refractivity contribution in [3.63, 3.8) is 0 Å². The molecule has 1 nitrogen and oxygen atoms in total. The number of thioether (sulfide) groups is 1. The van der Waals surface area contributed by atoms with Crippen LogP contribution < -0.4 is 0 Å². The molecule has 0 radical (unpaired) electrons. The number of halogens is 1. The molecule has 0 unspecified atom stereocenters. The summed E-state index contributed by atoms with van der Waals surface area (Å²) in [5.74, 6) is 2.81. The predicted molar refractivity (Wildman–Crippen MR) is 53.7 cm³/mol. The number of aliphatic imine (C=N–C) groups is 1. The van der Waals surface area contributed by atoms with E-state index in [0.29, 0.717) is 0 Å². The fourth-order valence-corrected chi connectivity index (χ4v) is 2.03. The van der Waals surface area contributed by atoms with E-state index in [1.807, 2.05) is 24.5 Å². The quantitative estimate of drug-likeness (QED) is 0.617. The van der Waals surface area contributed by atoms with Gasteiger partial charge in [0, 0.05) is 15.3 Å². The van der Waals surface area contributed by atoms with Crippen LogP contribution in [0.15, 0.2) is 27.4 Å². The molecule has 1 aliphatic rings. The summed E-state index contributed by atoms with van der Waals surface area (Å²) in [4.78, 5) is 5.25. The SMILES string of the molecule is Cc1c(Cl)ccc2c1SC=C=N2. The molecule has 0 saturated carbocycles. The summed E-state index contributed by atoms with van der Waals surface area (Å²) in [5, 5.41) is 2.64. The van der Waals surface area contributed by atoms with Crippen LogP contribution in [-0.4, -0.2) is 5.87 Å². The van der Waals surface area contributed by atoms with Gasteiger partial charge in [-0.15, -0.1) is 0 Å². The molecular weight excluding hydrogens is 190 g/mol. The van der Waals surface area contributed by atoms with Crippen LogP contribution in [0.2, 0.25) is 5.02 Å². The Morgan fingerprint density at radius 2 is 2.33 bits per heavy atom. The van der Waals surface area contributed by atoms with Crippen LogP contribution in [0, 0.1) is 6.92 Å². The highest BCUT2D eigenvalue weighted by molar-refractivity contribution is 8.02. The van der Waals surface area contributed by atoms with Gasteiger partial charge in [0.05, 0.1) is 5.69 Å². The van der Waals surface area contributed by atoms with E-state index in [9.17, 15) is 0 Å². The molecule has 1 heterocycles. The minimum Gasteiger partial charge on any atom is -0.205 e. The van der Waals surface area contributed by atoms with Gasteiger partial charge in [0.15, 0.2) is 0 Å². The molecule has 0 atom stereocenters. The molecule has 0 saturated heterocycles. The lowest BCUT2D eigenvalue weighted by molar-refractivity contribution is 1.28. The lowest BCUT2D eigenvalue weighted by Gasteiger charge is -2.08. The first-order chi connectivity index (χ1) is 5.79. The van der Waals surface area contributed by atoms with E-state index in [0.717, 1.165) is 21.2 Å². The molecule has 0 spiro atoms. The zero-order chi connectivity index (χ0) is 8.55. The molecule has 3 heteroatoms. The Morgan fingerprint density at radius 3 is 3.17 bits per heavy atom. The number of benzene rings is 1. The van der Waals surface area contributed by atoms with Crippen molar-refractivity contribution in [3.05, 3.63) is 28.1 Å². The zero-order valence-corrected chi connectivity index (χ0v) is 8.04. The molecule has 0 fully saturated rings. The summed E-state index contributed by atoms with van der Waals surface area (Å²) < 4.78 is 0. The molecule has 0 bridgehead atoms. The zero-order valence-electron chi connectivity index (χ0n) is 6.47. The van der Waals surface area contributed by atoms with E-state index in [2.05, 4.69) is 10.9 Å². The molecule has 2 rings (SSSR count). The Morgan fingerprint density at radius 1 is 1.50 bits per heavy atom. The van der Waals surface area contributed by atoms with Gasteiger partial charge >= 0.3 is 0 Å². The van der Waals surface area contributed by atoms with E-state index in [1.165, 1.54) is 0 Å². The molecule has 60 valence electrons. The third-order valence-corrected chi connectivity index (χ3v) is 3.12. The van der Waals surface area contributed by atoms with Gasteiger partial charge in [-0.2, -0.15) is 0 Å². The van der Waals surface area contributed by atoms with Crippen molar-refractivity contribution in [2.45, 2.75) is 11.8 Å². The fourth-order valence-electron chi connectivity index (χ4n) is 1.07. The van der Waals surface area contributed by atoms with Crippen LogP contribution in [-0.2, 0) is 0 Å². The largest absolute Gasteiger partial charge is 0.205 e. The third-order valence-electron chi connectivity index (χ3n) is 1.73. The van der Waals surface area contributed by atoms with Crippen LogP contribution >= 0.6 is 23.4 Å². The van der Waals surface area contributed by atoms with Crippen LogP contribution in [0.5, 0.6) is 0 Å². The normalized spacial score (nSPS) is 13.2. The molecule has 12 heavy (non-hydrogen) atoms. The first kappa shape index (κ1) is 7.93. The molecule has 1 aromatic carbocycles. The van der Waals surface area contributed by atoms with Crippen molar-refractivity contribution in [3.8, 4) is 0 Å². The molecular formula is C9H6ClNS. The van der Waals surface area contributed by atoms with Gasteiger partial charge in [-0.1, -0.05) is 23.4 Å². The summed E-state index contributed by atoms with van der Waals surface area (Å²) in [5.41, 5.74) is 2.06. The second-order valence-electron chi connectivity index (χ2n) is 2.50. The minimum atomic E-state index is 0.798. The summed E-state index contributed by atoms with van der Waals surface area (Å²) in [6.45, 7) is 2.00. The van der Waals surface area contributed by atoms with E-state index in [-0.39, 0.29) is 0 Å². The molecule has 0 aliphatic carbocycles. The monoisotopic (exact) mass is 195 g/mol. The van der Waals surface area contributed by atoms with Gasteiger partial charge in [0.2, 0.25) is 0 Å². The predicted octanol–water partition coefficient (Wildman–Crippen LogP) is 3.57. The van der Waals surface area contributed by atoms with Crippen LogP contribution in [0.25, 0.3) is 0 Å². The fraction of sp³-hybridized carbons (Fsp3) is 0.111. The van der Waals surface area contributed by atoms with Gasteiger partial charge in [-0.3, -0.25) is 0 Å². The topological polar surface area (TPSA) is 12.4 Å². The number of hydrogen-bond donors (Lipinski definition) is 0. The molecule has 0 N–H and O–H groups in total. The highest BCUT2D eigenvalue weighted by atomic mass is 35.5. The number of fused-ring (bicyclic) bond motifs is 1. The minimum absolute atomic E-state index is 0.798. The smallest absolute Gasteiger partial charge is 0.0873 e. The third kappa shape index (κ3) is 1.18. The van der Waals surface area contributed by atoms with Crippen molar-refractivity contribution in [1.29, 1.82) is 0 Å². The summed E-state index contributed by atoms with van der Waals surface area (Å²) in [7, 11) is 0. The van der Waals surface area contributed by atoms with E-state index in [4.69, 9.17) is 11.6 Å². The summed E-state index contributed by atoms with van der Waals surface area (Å²) in [6, 6.07) is 3.78. The van der Waals surface area contributed by atoms with Gasteiger partial charge in [0.1, 0.15) is 0 Å². The number of nitrogens with zero attached hydrogens (tertiary/aromatic N) is 1. The summed E-state index contributed by atoms with van der Waals surface area (Å²) >= 11 is 7.57. The Hall–Kier alpha value is -0.690. The van der Waals surface area contributed by atoms with E-state index >= 15 is 0 Å². The lowest BCUT2D eigenvalue weighted by Crippen LogP contribution is -1.83. The maximum atomic E-state index is 5.96. The average Bonchev–Trinajstić information content (AvgIpc) is 2.12. The van der Waals surface area contributed by atoms with Crippen LogP contribution in [0.4, 0.5) is 5.69 Å². The highest BCUT2D eigenvalue weighted by Crippen LogP contribution is 2.37. The van der Waals surface area contributed by atoms with Gasteiger partial charge in [0.25, 0.3) is 0 Å². The highest BCUT2D eigenvalue weighted by Gasteiger charge is 2.09. The maximum absolute atomic E-state index is 5.96. The van der Waals surface area contributed by atoms with Gasteiger partial charge in [-0.25, -0.2) is 4.99 Å². The number of rotatable bonds is 0. The lowest BCUT2D eigenvalue weighted by atomic mass is 10.2. The summed E-state index contributed by atoms with van der Waals surface area (Å²) in [6.07, 6.45) is 0. The number of hydrogen-bond acceptors (Lipinski definition) is 2. The Balaban J connectivity index is 2.69. The van der Waals surface area contributed by atoms with Crippen molar-refractivity contribution >= 4 is 34.9 Å². The Bertz CT molecular complexity index is 392. The Labute approximate surface area is 80.2 Å². The van der Waals surface area contributed by atoms with Crippen molar-refractivity contribution < 1.29 is 0 Å². The van der Waals surface area contributed by atoms with E-state index in [1.54, 1.807) is 11.8 Å². The van der Waals surface area contributed by atoms with E-state index < -0.39 is 0 Å². The average molecular weight is 196 g/mol. The molecule has 0 amide bonds. The first-order valence-electron chi connectivity index (χ1n) is 3.53. The van der Waals surface area contributed by atoms with Gasteiger partial charge < -0.3 is 0 Å². The van der Waals surface area contributed by atoms with Crippen molar-refractivity contribution in [1.82, 2.24) is 0 Å². The second-order valence-corrected chi connectivity index (χ2v) is 3.78. The van der Waals surface area contributed by atoms with Crippen LogP contribution in [0.3, 0.4) is 0 Å². The maximum Gasteiger partial charge on any atom is 0.0873 e. The Kier molecular flexibility index (Phi) is 1.97. The second kappa shape index (κ2) is 2.98. The molecule has 1 aliphatic heterocycles. The van der Waals surface area contributed by atoms with Crippen LogP contribution in [0.1, 0.15) is 5.56 Å². The standard InChI is InChI=1S/C9H6ClNS/c1-6-7(10)2-3-8-9(6)12-5-4-11-8/h2-3,5H,1H3. The molecule has 0 aromatic heterocycles.